The van der Waals surface area contributed by atoms with E-state index in [2.05, 4.69) is 59.8 Å². The molecule has 1 aliphatic rings. The second-order valence-corrected chi connectivity index (χ2v) is 9.48. The van der Waals surface area contributed by atoms with Gasteiger partial charge < -0.3 is 0 Å². The van der Waals surface area contributed by atoms with Crippen molar-refractivity contribution in [2.75, 3.05) is 0 Å². The normalized spacial score (nSPS) is 18.4. The van der Waals surface area contributed by atoms with Crippen molar-refractivity contribution in [3.05, 3.63) is 39.7 Å². The van der Waals surface area contributed by atoms with Crippen LogP contribution in [0.25, 0.3) is 6.08 Å². The summed E-state index contributed by atoms with van der Waals surface area (Å²) in [6.45, 7) is 14.1. The van der Waals surface area contributed by atoms with Crippen molar-refractivity contribution in [2.45, 2.75) is 72.1 Å². The summed E-state index contributed by atoms with van der Waals surface area (Å²) in [6, 6.07) is 4.57. The largest absolute Gasteiger partial charge is 0.0736 e. The first-order valence-electron chi connectivity index (χ1n) is 8.07. The Kier molecular flexibility index (Phi) is 5.08. The highest BCUT2D eigenvalue weighted by atomic mass is 31.1. The maximum absolute atomic E-state index is 2.54. The van der Waals surface area contributed by atoms with E-state index in [-0.39, 0.29) is 7.92 Å². The van der Waals surface area contributed by atoms with Gasteiger partial charge in [0.05, 0.1) is 0 Å². The molecule has 0 radical (unpaired) electrons. The van der Waals surface area contributed by atoms with Gasteiger partial charge in [0.2, 0.25) is 0 Å². The minimum absolute atomic E-state index is 0.00558. The SMILES string of the molecule is CCC(C)P(C1=Cc2c(C)ccc(C)c2C1)C(C)CC. The van der Waals surface area contributed by atoms with E-state index in [9.17, 15) is 0 Å². The summed E-state index contributed by atoms with van der Waals surface area (Å²) < 4.78 is 0. The second kappa shape index (κ2) is 6.44. The van der Waals surface area contributed by atoms with E-state index >= 15 is 0 Å². The summed E-state index contributed by atoms with van der Waals surface area (Å²) in [4.78, 5) is 0. The summed E-state index contributed by atoms with van der Waals surface area (Å²) in [5, 5.41) is 1.75. The lowest BCUT2D eigenvalue weighted by molar-refractivity contribution is 0.835. The summed E-state index contributed by atoms with van der Waals surface area (Å²) in [5.41, 5.74) is 7.74. The van der Waals surface area contributed by atoms with Crippen LogP contribution in [0.2, 0.25) is 0 Å². The predicted molar refractivity (Wildman–Crippen MR) is 94.0 cm³/mol. The Morgan fingerprint density at radius 2 is 1.55 bits per heavy atom. The molecular formula is C19H29P. The molecular weight excluding hydrogens is 259 g/mol. The monoisotopic (exact) mass is 288 g/mol. The lowest BCUT2D eigenvalue weighted by Crippen LogP contribution is -2.10. The molecule has 2 rings (SSSR count). The molecule has 0 bridgehead atoms. The molecule has 0 saturated carbocycles. The van der Waals surface area contributed by atoms with E-state index in [4.69, 9.17) is 0 Å². The smallest absolute Gasteiger partial charge is 0.00122 e. The van der Waals surface area contributed by atoms with Crippen LogP contribution in [-0.4, -0.2) is 11.3 Å². The van der Waals surface area contributed by atoms with Crippen LogP contribution in [0.5, 0.6) is 0 Å². The lowest BCUT2D eigenvalue weighted by Gasteiger charge is -2.30. The van der Waals surface area contributed by atoms with E-state index in [0.29, 0.717) is 0 Å². The van der Waals surface area contributed by atoms with E-state index in [1.54, 1.807) is 10.9 Å². The van der Waals surface area contributed by atoms with Gasteiger partial charge >= 0.3 is 0 Å². The van der Waals surface area contributed by atoms with Gasteiger partial charge in [-0.05, 0) is 72.0 Å². The topological polar surface area (TPSA) is 0 Å². The van der Waals surface area contributed by atoms with Crippen molar-refractivity contribution in [1.82, 2.24) is 0 Å². The van der Waals surface area contributed by atoms with Gasteiger partial charge in [0, 0.05) is 0 Å². The molecule has 0 nitrogen and oxygen atoms in total. The van der Waals surface area contributed by atoms with Crippen LogP contribution in [0.1, 0.15) is 62.8 Å². The van der Waals surface area contributed by atoms with Crippen LogP contribution in [0.15, 0.2) is 17.4 Å². The molecule has 0 N–H and O–H groups in total. The van der Waals surface area contributed by atoms with Crippen LogP contribution in [0.3, 0.4) is 0 Å². The standard InChI is InChI=1S/C19H29P/c1-7-15(5)20(16(6)8-2)17-11-18-13(3)9-10-14(4)19(18)12-17/h9-11,15-16H,7-8,12H2,1-6H3. The third kappa shape index (κ3) is 2.86. The number of hydrogen-bond donors (Lipinski definition) is 0. The van der Waals surface area contributed by atoms with Crippen LogP contribution in [0, 0.1) is 13.8 Å². The average molecular weight is 288 g/mol. The van der Waals surface area contributed by atoms with Gasteiger partial charge in [0.1, 0.15) is 0 Å². The molecule has 0 spiro atoms. The molecule has 0 amide bonds. The number of aryl methyl sites for hydroxylation is 2. The third-order valence-electron chi connectivity index (χ3n) is 4.94. The van der Waals surface area contributed by atoms with Crippen LogP contribution < -0.4 is 0 Å². The minimum Gasteiger partial charge on any atom is -0.0736 e. The molecule has 2 atom stereocenters. The number of rotatable bonds is 5. The van der Waals surface area contributed by atoms with E-state index in [1.807, 2.05) is 0 Å². The Morgan fingerprint density at radius 3 is 2.05 bits per heavy atom. The first-order chi connectivity index (χ1) is 9.49. The van der Waals surface area contributed by atoms with Crippen LogP contribution >= 0.6 is 7.92 Å². The second-order valence-electron chi connectivity index (χ2n) is 6.33. The molecule has 0 saturated heterocycles. The van der Waals surface area contributed by atoms with Crippen molar-refractivity contribution < 1.29 is 0 Å². The number of fused-ring (bicyclic) bond motifs is 1. The first kappa shape index (κ1) is 15.8. The number of hydrogen-bond acceptors (Lipinski definition) is 0. The van der Waals surface area contributed by atoms with Crippen LogP contribution in [-0.2, 0) is 6.42 Å². The molecule has 2 unspecified atom stereocenters. The maximum Gasteiger partial charge on any atom is -0.00122 e. The highest BCUT2D eigenvalue weighted by molar-refractivity contribution is 7.63. The molecule has 1 heteroatoms. The number of allylic oxidation sites excluding steroid dienone is 1. The summed E-state index contributed by atoms with van der Waals surface area (Å²) in [5.74, 6) is 0. The molecule has 0 aromatic heterocycles. The van der Waals surface area contributed by atoms with E-state index in [1.165, 1.54) is 36.0 Å². The highest BCUT2D eigenvalue weighted by Crippen LogP contribution is 2.59. The fourth-order valence-corrected chi connectivity index (χ4v) is 6.69. The molecule has 110 valence electrons. The predicted octanol–water partition coefficient (Wildman–Crippen LogP) is 6.28. The zero-order chi connectivity index (χ0) is 14.9. The van der Waals surface area contributed by atoms with Gasteiger partial charge in [-0.3, -0.25) is 0 Å². The van der Waals surface area contributed by atoms with Crippen molar-refractivity contribution in [3.8, 4) is 0 Å². The zero-order valence-electron chi connectivity index (χ0n) is 14.0. The van der Waals surface area contributed by atoms with Gasteiger partial charge in [-0.2, -0.15) is 0 Å². The fraction of sp³-hybridized carbons (Fsp3) is 0.579. The fourth-order valence-electron chi connectivity index (χ4n) is 3.28. The quantitative estimate of drug-likeness (QED) is 0.559. The Hall–Kier alpha value is -0.610. The van der Waals surface area contributed by atoms with Gasteiger partial charge in [-0.1, -0.05) is 53.8 Å². The van der Waals surface area contributed by atoms with Gasteiger partial charge in [0.15, 0.2) is 0 Å². The van der Waals surface area contributed by atoms with Crippen molar-refractivity contribution in [1.29, 1.82) is 0 Å². The Bertz CT molecular complexity index is 503. The maximum atomic E-state index is 2.54. The average Bonchev–Trinajstić information content (AvgIpc) is 2.88. The summed E-state index contributed by atoms with van der Waals surface area (Å²) in [7, 11) is 0.00558. The van der Waals surface area contributed by atoms with Crippen molar-refractivity contribution in [2.24, 2.45) is 0 Å². The molecule has 0 fully saturated rings. The molecule has 0 aliphatic heterocycles. The van der Waals surface area contributed by atoms with Gasteiger partial charge in [0.25, 0.3) is 0 Å². The Morgan fingerprint density at radius 1 is 1.00 bits per heavy atom. The first-order valence-corrected chi connectivity index (χ1v) is 9.55. The molecule has 1 aliphatic carbocycles. The summed E-state index contributed by atoms with van der Waals surface area (Å²) >= 11 is 0. The lowest BCUT2D eigenvalue weighted by atomic mass is 10.00. The van der Waals surface area contributed by atoms with E-state index < -0.39 is 0 Å². The van der Waals surface area contributed by atoms with Gasteiger partial charge in [-0.25, -0.2) is 0 Å². The Labute approximate surface area is 126 Å². The van der Waals surface area contributed by atoms with Crippen molar-refractivity contribution >= 4 is 14.0 Å². The third-order valence-corrected chi connectivity index (χ3v) is 8.52. The number of benzene rings is 1. The summed E-state index contributed by atoms with van der Waals surface area (Å²) in [6.07, 6.45) is 6.37. The molecule has 20 heavy (non-hydrogen) atoms. The van der Waals surface area contributed by atoms with Crippen LogP contribution in [0.4, 0.5) is 0 Å². The zero-order valence-corrected chi connectivity index (χ0v) is 14.8. The minimum atomic E-state index is 0.00558. The molecule has 1 aromatic carbocycles. The van der Waals surface area contributed by atoms with Gasteiger partial charge in [-0.15, -0.1) is 0 Å². The highest BCUT2D eigenvalue weighted by Gasteiger charge is 2.28. The Balaban J connectivity index is 2.37. The molecule has 0 heterocycles. The van der Waals surface area contributed by atoms with Crippen molar-refractivity contribution in [3.63, 3.8) is 0 Å². The van der Waals surface area contributed by atoms with E-state index in [0.717, 1.165) is 11.3 Å². The molecule has 1 aromatic rings.